The fourth-order valence-electron chi connectivity index (χ4n) is 1.80. The first kappa shape index (κ1) is 13.7. The Bertz CT molecular complexity index is 283. The lowest BCUT2D eigenvalue weighted by atomic mass is 10.2. The number of nitrogens with one attached hydrogen (secondary N) is 1. The second-order valence-corrected chi connectivity index (χ2v) is 5.36. The van der Waals surface area contributed by atoms with Crippen LogP contribution in [0.1, 0.15) is 25.8 Å². The van der Waals surface area contributed by atoms with Gasteiger partial charge in [0.15, 0.2) is 0 Å². The highest BCUT2D eigenvalue weighted by molar-refractivity contribution is 7.98. The van der Waals surface area contributed by atoms with Gasteiger partial charge in [-0.2, -0.15) is 11.8 Å². The smallest absolute Gasteiger partial charge is 0.0220 e. The largest absolute Gasteiger partial charge is 0.354 e. The van der Waals surface area contributed by atoms with Crippen LogP contribution >= 0.6 is 11.8 Å². The number of aryl methyl sites for hydroxylation is 1. The van der Waals surface area contributed by atoms with Crippen LogP contribution in [-0.4, -0.2) is 23.1 Å². The van der Waals surface area contributed by atoms with E-state index in [0.29, 0.717) is 0 Å². The minimum Gasteiger partial charge on any atom is -0.354 e. The monoisotopic (exact) mass is 240 g/mol. The van der Waals surface area contributed by atoms with E-state index in [1.807, 2.05) is 11.8 Å². The van der Waals surface area contributed by atoms with E-state index >= 15 is 0 Å². The molecule has 1 aromatic rings. The van der Waals surface area contributed by atoms with Crippen LogP contribution in [0.4, 0.5) is 0 Å². The number of nitrogens with zero attached hydrogens (tertiary/aromatic N) is 1. The zero-order chi connectivity index (χ0) is 11.8. The van der Waals surface area contributed by atoms with Gasteiger partial charge in [-0.25, -0.2) is 0 Å². The molecule has 0 aliphatic heterocycles. The average Bonchev–Trinajstić information content (AvgIpc) is 2.67. The highest BCUT2D eigenvalue weighted by atomic mass is 32.2. The van der Waals surface area contributed by atoms with Crippen molar-refractivity contribution in [3.8, 4) is 0 Å². The Hall–Kier alpha value is -0.410. The van der Waals surface area contributed by atoms with Crippen molar-refractivity contribution >= 4 is 11.8 Å². The maximum atomic E-state index is 3.52. The number of hydrogen-bond donors (Lipinski definition) is 1. The van der Waals surface area contributed by atoms with E-state index in [2.05, 4.69) is 48.4 Å². The Balaban J connectivity index is 2.21. The van der Waals surface area contributed by atoms with E-state index in [1.165, 1.54) is 17.7 Å². The Morgan fingerprint density at radius 2 is 2.31 bits per heavy atom. The highest BCUT2D eigenvalue weighted by Gasteiger charge is 2.01. The zero-order valence-corrected chi connectivity index (χ0v) is 11.5. The summed E-state index contributed by atoms with van der Waals surface area (Å²) in [6.07, 6.45) is 7.79. The van der Waals surface area contributed by atoms with Gasteiger partial charge < -0.3 is 9.88 Å². The number of hydrogen-bond acceptors (Lipinski definition) is 2. The normalized spacial score (nSPS) is 12.9. The van der Waals surface area contributed by atoms with Crippen molar-refractivity contribution in [3.05, 3.63) is 24.0 Å². The van der Waals surface area contributed by atoms with Gasteiger partial charge in [-0.05, 0) is 42.5 Å². The summed E-state index contributed by atoms with van der Waals surface area (Å²) in [5.74, 6) is 2.00. The molecule has 0 aliphatic rings. The summed E-state index contributed by atoms with van der Waals surface area (Å²) in [7, 11) is 0. The molecule has 0 aliphatic carbocycles. The third kappa shape index (κ3) is 5.08. The standard InChI is InChI=1S/C13H24N2S/c1-4-6-15-7-5-13(10-15)9-14-8-12(2)11-16-3/h5,7,10,12,14H,4,6,8-9,11H2,1-3H3. The second-order valence-electron chi connectivity index (χ2n) is 4.45. The highest BCUT2D eigenvalue weighted by Crippen LogP contribution is 2.05. The molecule has 1 unspecified atom stereocenters. The molecule has 1 aromatic heterocycles. The predicted octanol–water partition coefficient (Wildman–Crippen LogP) is 2.99. The molecule has 0 fully saturated rings. The van der Waals surface area contributed by atoms with Gasteiger partial charge in [0.05, 0.1) is 0 Å². The van der Waals surface area contributed by atoms with Gasteiger partial charge in [-0.1, -0.05) is 13.8 Å². The topological polar surface area (TPSA) is 17.0 Å². The molecule has 92 valence electrons. The zero-order valence-electron chi connectivity index (χ0n) is 10.7. The van der Waals surface area contributed by atoms with Crippen LogP contribution in [0.2, 0.25) is 0 Å². The fourth-order valence-corrected chi connectivity index (χ4v) is 2.49. The van der Waals surface area contributed by atoms with E-state index < -0.39 is 0 Å². The van der Waals surface area contributed by atoms with Gasteiger partial charge in [-0.15, -0.1) is 0 Å². The molecule has 0 bridgehead atoms. The average molecular weight is 240 g/mol. The summed E-state index contributed by atoms with van der Waals surface area (Å²) in [4.78, 5) is 0. The molecule has 1 N–H and O–H groups in total. The van der Waals surface area contributed by atoms with Crippen LogP contribution in [0.5, 0.6) is 0 Å². The van der Waals surface area contributed by atoms with Gasteiger partial charge in [0.1, 0.15) is 0 Å². The molecule has 0 spiro atoms. The van der Waals surface area contributed by atoms with E-state index in [-0.39, 0.29) is 0 Å². The third-order valence-corrected chi connectivity index (χ3v) is 3.47. The molecule has 2 nitrogen and oxygen atoms in total. The molecule has 0 saturated carbocycles. The predicted molar refractivity (Wildman–Crippen MR) is 74.0 cm³/mol. The van der Waals surface area contributed by atoms with Gasteiger partial charge in [-0.3, -0.25) is 0 Å². The van der Waals surface area contributed by atoms with Crippen LogP contribution in [0.3, 0.4) is 0 Å². The number of rotatable bonds is 8. The molecular weight excluding hydrogens is 216 g/mol. The van der Waals surface area contributed by atoms with Crippen molar-refractivity contribution in [3.63, 3.8) is 0 Å². The first-order valence-corrected chi connectivity index (χ1v) is 7.50. The van der Waals surface area contributed by atoms with E-state index in [9.17, 15) is 0 Å². The van der Waals surface area contributed by atoms with Crippen LogP contribution in [0.15, 0.2) is 18.5 Å². The molecule has 0 saturated heterocycles. The van der Waals surface area contributed by atoms with Crippen molar-refractivity contribution in [1.82, 2.24) is 9.88 Å². The lowest BCUT2D eigenvalue weighted by Crippen LogP contribution is -2.21. The minimum atomic E-state index is 0.757. The molecule has 1 rings (SSSR count). The van der Waals surface area contributed by atoms with E-state index in [0.717, 1.165) is 25.6 Å². The van der Waals surface area contributed by atoms with Crippen molar-refractivity contribution in [2.75, 3.05) is 18.6 Å². The summed E-state index contributed by atoms with van der Waals surface area (Å²) >= 11 is 1.92. The first-order chi connectivity index (χ1) is 7.76. The summed E-state index contributed by atoms with van der Waals surface area (Å²) in [6.45, 7) is 7.74. The SMILES string of the molecule is CCCn1ccc(CNCC(C)CSC)c1. The van der Waals surface area contributed by atoms with Crippen LogP contribution < -0.4 is 5.32 Å². The van der Waals surface area contributed by atoms with Crippen LogP contribution in [0.25, 0.3) is 0 Å². The summed E-state index contributed by atoms with van der Waals surface area (Å²) in [5, 5.41) is 3.52. The maximum Gasteiger partial charge on any atom is 0.0220 e. The lowest BCUT2D eigenvalue weighted by Gasteiger charge is -2.10. The van der Waals surface area contributed by atoms with E-state index in [1.54, 1.807) is 0 Å². The molecule has 16 heavy (non-hydrogen) atoms. The molecule has 0 radical (unpaired) electrons. The number of aromatic nitrogens is 1. The molecule has 0 aromatic carbocycles. The first-order valence-electron chi connectivity index (χ1n) is 6.10. The van der Waals surface area contributed by atoms with Crippen molar-refractivity contribution < 1.29 is 0 Å². The quantitative estimate of drug-likeness (QED) is 0.752. The molecule has 1 atom stereocenters. The summed E-state index contributed by atoms with van der Waals surface area (Å²) in [6, 6.07) is 2.21. The van der Waals surface area contributed by atoms with E-state index in [4.69, 9.17) is 0 Å². The van der Waals surface area contributed by atoms with Crippen molar-refractivity contribution in [2.45, 2.75) is 33.4 Å². The Kier molecular flexibility index (Phi) is 6.65. The molecular formula is C13H24N2S. The number of thioether (sulfide) groups is 1. The lowest BCUT2D eigenvalue weighted by molar-refractivity contribution is 0.558. The van der Waals surface area contributed by atoms with Crippen LogP contribution in [-0.2, 0) is 13.1 Å². The van der Waals surface area contributed by atoms with Gasteiger partial charge >= 0.3 is 0 Å². The van der Waals surface area contributed by atoms with Gasteiger partial charge in [0, 0.05) is 25.5 Å². The van der Waals surface area contributed by atoms with Crippen molar-refractivity contribution in [2.24, 2.45) is 5.92 Å². The Labute approximate surface area is 104 Å². The third-order valence-electron chi connectivity index (χ3n) is 2.57. The Morgan fingerprint density at radius 3 is 3.00 bits per heavy atom. The summed E-state index contributed by atoms with van der Waals surface area (Å²) < 4.78 is 2.27. The molecule has 0 amide bonds. The van der Waals surface area contributed by atoms with Crippen molar-refractivity contribution in [1.29, 1.82) is 0 Å². The maximum absolute atomic E-state index is 3.52. The summed E-state index contributed by atoms with van der Waals surface area (Å²) in [5.41, 5.74) is 1.39. The second kappa shape index (κ2) is 7.80. The fraction of sp³-hybridized carbons (Fsp3) is 0.692. The van der Waals surface area contributed by atoms with Crippen LogP contribution in [0, 0.1) is 5.92 Å². The molecule has 1 heterocycles. The van der Waals surface area contributed by atoms with Gasteiger partial charge in [0.25, 0.3) is 0 Å². The Morgan fingerprint density at radius 1 is 1.50 bits per heavy atom. The molecule has 3 heteroatoms. The minimum absolute atomic E-state index is 0.757. The van der Waals surface area contributed by atoms with Gasteiger partial charge in [0.2, 0.25) is 0 Å².